The van der Waals surface area contributed by atoms with Crippen molar-refractivity contribution < 1.29 is 9.53 Å². The van der Waals surface area contributed by atoms with E-state index in [1.807, 2.05) is 0 Å². The van der Waals surface area contributed by atoms with Crippen molar-refractivity contribution in [3.63, 3.8) is 0 Å². The van der Waals surface area contributed by atoms with Gasteiger partial charge in [0.05, 0.1) is 40.5 Å². The van der Waals surface area contributed by atoms with Gasteiger partial charge in [-0.2, -0.15) is 0 Å². The minimum absolute atomic E-state index is 0.00504. The van der Waals surface area contributed by atoms with Gasteiger partial charge in [0, 0.05) is 13.1 Å². The van der Waals surface area contributed by atoms with Crippen molar-refractivity contribution in [2.45, 2.75) is 0 Å². The lowest BCUT2D eigenvalue weighted by Gasteiger charge is -2.27. The number of benzene rings is 1. The number of hydrogen-bond donors (Lipinski definition) is 1. The lowest BCUT2D eigenvalue weighted by atomic mass is 10.3. The summed E-state index contributed by atoms with van der Waals surface area (Å²) in [6.45, 7) is 2.57. The molecule has 2 rings (SSSR count). The number of ether oxygens (including phenoxy) is 1. The smallest absolute Gasteiger partial charge is 0.242 e. The van der Waals surface area contributed by atoms with Gasteiger partial charge in [0.15, 0.2) is 0 Å². The van der Waals surface area contributed by atoms with Crippen molar-refractivity contribution in [1.29, 1.82) is 0 Å². The van der Waals surface area contributed by atoms with Crippen molar-refractivity contribution >= 4 is 46.4 Å². The summed E-state index contributed by atoms with van der Waals surface area (Å²) in [5.74, 6) is 0.00504. The summed E-state index contributed by atoms with van der Waals surface area (Å²) in [6.07, 6.45) is 0. The molecule has 0 aromatic heterocycles. The molecule has 7 heteroatoms. The van der Waals surface area contributed by atoms with E-state index in [0.29, 0.717) is 47.1 Å². The molecular formula is C12H13Cl3N2O2. The molecule has 0 saturated carbocycles. The van der Waals surface area contributed by atoms with E-state index in [0.717, 1.165) is 0 Å². The second kappa shape index (κ2) is 6.66. The number of rotatable bonds is 3. The van der Waals surface area contributed by atoms with Gasteiger partial charge in [-0.1, -0.05) is 34.8 Å². The summed E-state index contributed by atoms with van der Waals surface area (Å²) in [6, 6.07) is 3.16. The molecule has 0 atom stereocenters. The van der Waals surface area contributed by atoms with Crippen LogP contribution in [0.25, 0.3) is 0 Å². The molecular weight excluding hydrogens is 311 g/mol. The maximum Gasteiger partial charge on any atom is 0.242 e. The number of carbonyl (C=O) groups excluding carboxylic acids is 1. The zero-order valence-electron chi connectivity index (χ0n) is 10.1. The third-order valence-corrected chi connectivity index (χ3v) is 3.84. The number of halogens is 3. The maximum atomic E-state index is 11.9. The highest BCUT2D eigenvalue weighted by atomic mass is 35.5. The molecule has 1 aromatic rings. The SMILES string of the molecule is O=C(CNc1cc(Cl)c(Cl)cc1Cl)N1CCOCC1. The Balaban J connectivity index is 1.94. The Bertz CT molecular complexity index is 476. The van der Waals surface area contributed by atoms with Crippen molar-refractivity contribution in [2.24, 2.45) is 0 Å². The van der Waals surface area contributed by atoms with E-state index < -0.39 is 0 Å². The van der Waals surface area contributed by atoms with Crippen LogP contribution in [0.4, 0.5) is 5.69 Å². The molecule has 1 fully saturated rings. The van der Waals surface area contributed by atoms with Crippen molar-refractivity contribution in [1.82, 2.24) is 4.90 Å². The normalized spacial score (nSPS) is 15.4. The average Bonchev–Trinajstić information content (AvgIpc) is 2.42. The molecule has 0 radical (unpaired) electrons. The third-order valence-electron chi connectivity index (χ3n) is 2.80. The summed E-state index contributed by atoms with van der Waals surface area (Å²) >= 11 is 17.8. The van der Waals surface area contributed by atoms with E-state index in [-0.39, 0.29) is 12.5 Å². The Morgan fingerprint density at radius 3 is 2.47 bits per heavy atom. The first-order valence-corrected chi connectivity index (χ1v) is 6.95. The molecule has 19 heavy (non-hydrogen) atoms. The first-order chi connectivity index (χ1) is 9.08. The van der Waals surface area contributed by atoms with Gasteiger partial charge in [-0.15, -0.1) is 0 Å². The Labute approximate surface area is 126 Å². The molecule has 0 unspecified atom stereocenters. The molecule has 1 aliphatic rings. The van der Waals surface area contributed by atoms with Gasteiger partial charge in [0.25, 0.3) is 0 Å². The topological polar surface area (TPSA) is 41.6 Å². The van der Waals surface area contributed by atoms with Gasteiger partial charge in [-0.3, -0.25) is 4.79 Å². The first kappa shape index (κ1) is 14.7. The fraction of sp³-hybridized carbons (Fsp3) is 0.417. The van der Waals surface area contributed by atoms with Crippen LogP contribution in [0.3, 0.4) is 0 Å². The molecule has 1 amide bonds. The highest BCUT2D eigenvalue weighted by Crippen LogP contribution is 2.32. The lowest BCUT2D eigenvalue weighted by molar-refractivity contribution is -0.133. The molecule has 0 bridgehead atoms. The van der Waals surface area contributed by atoms with Crippen LogP contribution in [0.5, 0.6) is 0 Å². The predicted molar refractivity (Wildman–Crippen MR) is 77.4 cm³/mol. The van der Waals surface area contributed by atoms with E-state index >= 15 is 0 Å². The zero-order valence-corrected chi connectivity index (χ0v) is 12.4. The largest absolute Gasteiger partial charge is 0.378 e. The highest BCUT2D eigenvalue weighted by Gasteiger charge is 2.16. The lowest BCUT2D eigenvalue weighted by Crippen LogP contribution is -2.43. The highest BCUT2D eigenvalue weighted by molar-refractivity contribution is 6.44. The Hall–Kier alpha value is -0.680. The predicted octanol–water partition coefficient (Wildman–Crippen LogP) is 2.92. The molecule has 1 heterocycles. The summed E-state index contributed by atoms with van der Waals surface area (Å²) in [4.78, 5) is 13.7. The number of nitrogens with zero attached hydrogens (tertiary/aromatic N) is 1. The summed E-state index contributed by atoms with van der Waals surface area (Å²) in [7, 11) is 0. The maximum absolute atomic E-state index is 11.9. The number of hydrogen-bond acceptors (Lipinski definition) is 3. The first-order valence-electron chi connectivity index (χ1n) is 5.82. The Kier molecular flexibility index (Phi) is 5.16. The van der Waals surface area contributed by atoms with E-state index in [2.05, 4.69) is 5.32 Å². The van der Waals surface area contributed by atoms with Crippen LogP contribution in [-0.2, 0) is 9.53 Å². The zero-order chi connectivity index (χ0) is 13.8. The molecule has 0 spiro atoms. The number of morpholine rings is 1. The summed E-state index contributed by atoms with van der Waals surface area (Å²) in [5.41, 5.74) is 0.595. The fourth-order valence-electron chi connectivity index (χ4n) is 1.75. The third kappa shape index (κ3) is 3.89. The monoisotopic (exact) mass is 322 g/mol. The van der Waals surface area contributed by atoms with Crippen LogP contribution in [0.2, 0.25) is 15.1 Å². The number of nitrogens with one attached hydrogen (secondary N) is 1. The van der Waals surface area contributed by atoms with E-state index in [1.165, 1.54) is 0 Å². The standard InChI is InChI=1S/C12H13Cl3N2O2/c13-8-5-10(15)11(6-9(8)14)16-7-12(18)17-1-3-19-4-2-17/h5-6,16H,1-4,7H2. The second-order valence-electron chi connectivity index (χ2n) is 4.09. The van der Waals surface area contributed by atoms with Gasteiger partial charge in [-0.25, -0.2) is 0 Å². The fourth-order valence-corrected chi connectivity index (χ4v) is 2.37. The van der Waals surface area contributed by atoms with E-state index in [4.69, 9.17) is 39.5 Å². The number of amides is 1. The van der Waals surface area contributed by atoms with Crippen LogP contribution in [-0.4, -0.2) is 43.7 Å². The minimum Gasteiger partial charge on any atom is -0.378 e. The van der Waals surface area contributed by atoms with E-state index in [9.17, 15) is 4.79 Å². The minimum atomic E-state index is 0.00504. The molecule has 1 aromatic carbocycles. The Morgan fingerprint density at radius 2 is 1.79 bits per heavy atom. The molecule has 0 aliphatic carbocycles. The van der Waals surface area contributed by atoms with Crippen LogP contribution in [0.15, 0.2) is 12.1 Å². The molecule has 1 saturated heterocycles. The Morgan fingerprint density at radius 1 is 1.16 bits per heavy atom. The van der Waals surface area contributed by atoms with Gasteiger partial charge in [-0.05, 0) is 12.1 Å². The van der Waals surface area contributed by atoms with Crippen LogP contribution in [0, 0.1) is 0 Å². The quantitative estimate of drug-likeness (QED) is 0.870. The summed E-state index contributed by atoms with van der Waals surface area (Å²) < 4.78 is 5.19. The van der Waals surface area contributed by atoms with E-state index in [1.54, 1.807) is 17.0 Å². The molecule has 4 nitrogen and oxygen atoms in total. The van der Waals surface area contributed by atoms with Gasteiger partial charge in [0.1, 0.15) is 0 Å². The van der Waals surface area contributed by atoms with Crippen LogP contribution >= 0.6 is 34.8 Å². The van der Waals surface area contributed by atoms with Crippen molar-refractivity contribution in [3.05, 3.63) is 27.2 Å². The van der Waals surface area contributed by atoms with Crippen molar-refractivity contribution in [3.8, 4) is 0 Å². The van der Waals surface area contributed by atoms with Crippen LogP contribution < -0.4 is 5.32 Å². The number of anilines is 1. The van der Waals surface area contributed by atoms with Gasteiger partial charge >= 0.3 is 0 Å². The summed E-state index contributed by atoms with van der Waals surface area (Å²) in [5, 5.41) is 4.19. The van der Waals surface area contributed by atoms with Crippen molar-refractivity contribution in [2.75, 3.05) is 38.2 Å². The van der Waals surface area contributed by atoms with Gasteiger partial charge < -0.3 is 15.0 Å². The van der Waals surface area contributed by atoms with Crippen LogP contribution in [0.1, 0.15) is 0 Å². The molecule has 104 valence electrons. The molecule has 1 N–H and O–H groups in total. The molecule has 1 aliphatic heterocycles. The number of carbonyl (C=O) groups is 1. The second-order valence-corrected chi connectivity index (χ2v) is 5.31. The average molecular weight is 324 g/mol. The van der Waals surface area contributed by atoms with Gasteiger partial charge in [0.2, 0.25) is 5.91 Å².